The van der Waals surface area contributed by atoms with Gasteiger partial charge in [0.05, 0.1) is 0 Å². The smallest absolute Gasteiger partial charge is 0.263 e. The quantitative estimate of drug-likeness (QED) is 0.570. The zero-order valence-electron chi connectivity index (χ0n) is 11.7. The molecule has 0 saturated carbocycles. The van der Waals surface area contributed by atoms with Crippen molar-refractivity contribution in [2.45, 2.75) is 6.54 Å². The van der Waals surface area contributed by atoms with Crippen molar-refractivity contribution in [3.63, 3.8) is 0 Å². The molecule has 0 aliphatic carbocycles. The molecule has 3 aromatic rings. The molecule has 1 aromatic heterocycles. The molecule has 6 heteroatoms. The molecule has 1 heterocycles. The highest BCUT2D eigenvalue weighted by Gasteiger charge is 2.17. The summed E-state index contributed by atoms with van der Waals surface area (Å²) >= 11 is 0. The van der Waals surface area contributed by atoms with Crippen molar-refractivity contribution < 1.29 is 10.0 Å². The third kappa shape index (κ3) is 2.72. The van der Waals surface area contributed by atoms with Crippen LogP contribution in [-0.4, -0.2) is 25.9 Å². The molecular weight excluding hydrogens is 280 g/mol. The molecule has 0 spiro atoms. The lowest BCUT2D eigenvalue weighted by atomic mass is 10.2. The van der Waals surface area contributed by atoms with Gasteiger partial charge in [0, 0.05) is 11.1 Å². The first kappa shape index (κ1) is 14.0. The van der Waals surface area contributed by atoms with Crippen LogP contribution in [0.25, 0.3) is 22.8 Å². The Bertz CT molecular complexity index is 712. The Labute approximate surface area is 127 Å². The van der Waals surface area contributed by atoms with E-state index in [-0.39, 0.29) is 6.54 Å². The number of benzene rings is 2. The summed E-state index contributed by atoms with van der Waals surface area (Å²) in [6, 6.07) is 19.0. The van der Waals surface area contributed by atoms with Crippen LogP contribution >= 0.6 is 0 Å². The van der Waals surface area contributed by atoms with Gasteiger partial charge in [-0.15, -0.1) is 10.2 Å². The molecular formula is C16H14N4O2. The first-order valence-corrected chi connectivity index (χ1v) is 6.76. The SMILES string of the molecule is O=C(Cn1c(-c2ccccc2)nnc1-c1ccccc1)NO. The number of nitrogens with one attached hydrogen (secondary N) is 1. The number of amides is 1. The summed E-state index contributed by atoms with van der Waals surface area (Å²) in [6.07, 6.45) is 0. The van der Waals surface area contributed by atoms with Crippen LogP contribution in [0.2, 0.25) is 0 Å². The zero-order chi connectivity index (χ0) is 15.4. The van der Waals surface area contributed by atoms with Gasteiger partial charge in [-0.3, -0.25) is 14.6 Å². The third-order valence-electron chi connectivity index (χ3n) is 3.24. The van der Waals surface area contributed by atoms with E-state index in [1.165, 1.54) is 0 Å². The minimum atomic E-state index is -0.533. The van der Waals surface area contributed by atoms with Crippen molar-refractivity contribution in [3.05, 3.63) is 60.7 Å². The Morgan fingerprint density at radius 3 is 1.77 bits per heavy atom. The van der Waals surface area contributed by atoms with E-state index in [4.69, 9.17) is 5.21 Å². The van der Waals surface area contributed by atoms with Crippen molar-refractivity contribution in [2.24, 2.45) is 0 Å². The highest BCUT2D eigenvalue weighted by Crippen LogP contribution is 2.24. The highest BCUT2D eigenvalue weighted by molar-refractivity contribution is 5.76. The first-order valence-electron chi connectivity index (χ1n) is 6.76. The summed E-state index contributed by atoms with van der Waals surface area (Å²) in [5, 5.41) is 17.2. The number of hydrogen-bond acceptors (Lipinski definition) is 4. The van der Waals surface area contributed by atoms with Gasteiger partial charge < -0.3 is 0 Å². The van der Waals surface area contributed by atoms with Crippen LogP contribution in [-0.2, 0) is 11.3 Å². The summed E-state index contributed by atoms with van der Waals surface area (Å²) < 4.78 is 1.68. The second-order valence-corrected chi connectivity index (χ2v) is 4.70. The van der Waals surface area contributed by atoms with Crippen LogP contribution < -0.4 is 5.48 Å². The molecule has 110 valence electrons. The second kappa shape index (κ2) is 6.19. The maximum Gasteiger partial charge on any atom is 0.263 e. The average Bonchev–Trinajstić information content (AvgIpc) is 3.00. The van der Waals surface area contributed by atoms with Crippen molar-refractivity contribution in [2.75, 3.05) is 0 Å². The highest BCUT2D eigenvalue weighted by atomic mass is 16.5. The summed E-state index contributed by atoms with van der Waals surface area (Å²) in [6.45, 7) is -0.0715. The molecule has 2 N–H and O–H groups in total. The third-order valence-corrected chi connectivity index (χ3v) is 3.24. The van der Waals surface area contributed by atoms with Gasteiger partial charge in [-0.2, -0.15) is 0 Å². The lowest BCUT2D eigenvalue weighted by Gasteiger charge is -2.09. The van der Waals surface area contributed by atoms with Gasteiger partial charge in [0.15, 0.2) is 11.6 Å². The lowest BCUT2D eigenvalue weighted by Crippen LogP contribution is -2.24. The van der Waals surface area contributed by atoms with E-state index in [9.17, 15) is 4.79 Å². The van der Waals surface area contributed by atoms with E-state index in [0.717, 1.165) is 11.1 Å². The number of carbonyl (C=O) groups excluding carboxylic acids is 1. The predicted octanol–water partition coefficient (Wildman–Crippen LogP) is 2.12. The Balaban J connectivity index is 2.12. The van der Waals surface area contributed by atoms with Crippen molar-refractivity contribution in [3.8, 4) is 22.8 Å². The van der Waals surface area contributed by atoms with E-state index in [0.29, 0.717) is 11.6 Å². The van der Waals surface area contributed by atoms with Gasteiger partial charge in [-0.1, -0.05) is 60.7 Å². The number of hydroxylamine groups is 1. The number of aromatic nitrogens is 3. The monoisotopic (exact) mass is 294 g/mol. The second-order valence-electron chi connectivity index (χ2n) is 4.70. The maximum absolute atomic E-state index is 11.6. The van der Waals surface area contributed by atoms with Crippen LogP contribution in [0, 0.1) is 0 Å². The number of nitrogens with zero attached hydrogens (tertiary/aromatic N) is 3. The largest absolute Gasteiger partial charge is 0.297 e. The molecule has 0 radical (unpaired) electrons. The molecule has 0 saturated heterocycles. The Morgan fingerprint density at radius 2 is 1.36 bits per heavy atom. The molecule has 1 amide bonds. The van der Waals surface area contributed by atoms with Crippen molar-refractivity contribution in [1.82, 2.24) is 20.2 Å². The fourth-order valence-corrected chi connectivity index (χ4v) is 2.23. The molecule has 0 unspecified atom stereocenters. The number of hydrogen-bond donors (Lipinski definition) is 2. The van der Waals surface area contributed by atoms with E-state index >= 15 is 0 Å². The van der Waals surface area contributed by atoms with E-state index in [2.05, 4.69) is 10.2 Å². The fraction of sp³-hybridized carbons (Fsp3) is 0.0625. The van der Waals surface area contributed by atoms with Gasteiger partial charge in [-0.25, -0.2) is 5.48 Å². The maximum atomic E-state index is 11.6. The Kier molecular flexibility index (Phi) is 3.93. The zero-order valence-corrected chi connectivity index (χ0v) is 11.7. The molecule has 0 aliphatic rings. The first-order chi connectivity index (χ1) is 10.8. The van der Waals surface area contributed by atoms with Crippen LogP contribution in [0.3, 0.4) is 0 Å². The van der Waals surface area contributed by atoms with E-state index in [1.54, 1.807) is 10.0 Å². The van der Waals surface area contributed by atoms with Crippen molar-refractivity contribution >= 4 is 5.91 Å². The Morgan fingerprint density at radius 1 is 0.909 bits per heavy atom. The van der Waals surface area contributed by atoms with Crippen LogP contribution in [0.1, 0.15) is 0 Å². The number of rotatable bonds is 4. The van der Waals surface area contributed by atoms with E-state index in [1.807, 2.05) is 60.7 Å². The van der Waals surface area contributed by atoms with Crippen LogP contribution in [0.4, 0.5) is 0 Å². The minimum absolute atomic E-state index is 0.0715. The topological polar surface area (TPSA) is 80.0 Å². The minimum Gasteiger partial charge on any atom is -0.297 e. The molecule has 0 aliphatic heterocycles. The van der Waals surface area contributed by atoms with Gasteiger partial charge in [0.1, 0.15) is 6.54 Å². The van der Waals surface area contributed by atoms with Crippen LogP contribution in [0.15, 0.2) is 60.7 Å². The molecule has 22 heavy (non-hydrogen) atoms. The van der Waals surface area contributed by atoms with Gasteiger partial charge in [-0.05, 0) is 0 Å². The van der Waals surface area contributed by atoms with Gasteiger partial charge in [0.2, 0.25) is 0 Å². The molecule has 6 nitrogen and oxygen atoms in total. The standard InChI is InChI=1S/C16H14N4O2/c21-14(19-22)11-20-15(12-7-3-1-4-8-12)17-18-16(20)13-9-5-2-6-10-13/h1-10,22H,11H2,(H,19,21). The molecule has 3 rings (SSSR count). The molecule has 0 fully saturated rings. The summed E-state index contributed by atoms with van der Waals surface area (Å²) in [5.41, 5.74) is 3.35. The molecule has 0 bridgehead atoms. The van der Waals surface area contributed by atoms with Gasteiger partial charge in [0.25, 0.3) is 5.91 Å². The predicted molar refractivity (Wildman–Crippen MR) is 80.8 cm³/mol. The summed E-state index contributed by atoms with van der Waals surface area (Å²) in [4.78, 5) is 11.6. The van der Waals surface area contributed by atoms with Crippen molar-refractivity contribution in [1.29, 1.82) is 0 Å². The van der Waals surface area contributed by atoms with E-state index < -0.39 is 5.91 Å². The fourth-order valence-electron chi connectivity index (χ4n) is 2.23. The molecule has 2 aromatic carbocycles. The lowest BCUT2D eigenvalue weighted by molar-refractivity contribution is -0.129. The summed E-state index contributed by atoms with van der Waals surface area (Å²) in [7, 11) is 0. The molecule has 0 atom stereocenters. The Hall–Kier alpha value is -2.99. The van der Waals surface area contributed by atoms with Gasteiger partial charge >= 0.3 is 0 Å². The van der Waals surface area contributed by atoms with Crippen LogP contribution in [0.5, 0.6) is 0 Å². The average molecular weight is 294 g/mol. The summed E-state index contributed by atoms with van der Waals surface area (Å²) in [5.74, 6) is 0.611. The number of carbonyl (C=O) groups is 1. The normalized spacial score (nSPS) is 10.4.